The molecule has 0 aromatic heterocycles. The highest BCUT2D eigenvalue weighted by Crippen LogP contribution is 2.57. The van der Waals surface area contributed by atoms with E-state index < -0.39 is 41.8 Å². The van der Waals surface area contributed by atoms with Crippen LogP contribution in [0.2, 0.25) is 0 Å². The van der Waals surface area contributed by atoms with Crippen LogP contribution in [0, 0.1) is 11.3 Å². The number of fused-ring (bicyclic) bond motifs is 3. The summed E-state index contributed by atoms with van der Waals surface area (Å²) in [5.74, 6) is -5.60. The number of nitrogens with two attached hydrogens (primary N) is 1. The van der Waals surface area contributed by atoms with E-state index in [1.54, 1.807) is 0 Å². The molecule has 0 heterocycles. The second kappa shape index (κ2) is 20.3. The van der Waals surface area contributed by atoms with E-state index in [1.807, 2.05) is 25.1 Å². The second-order valence-electron chi connectivity index (χ2n) is 12.8. The van der Waals surface area contributed by atoms with Crippen molar-refractivity contribution in [2.45, 2.75) is 109 Å². The Hall–Kier alpha value is -3.60. The summed E-state index contributed by atoms with van der Waals surface area (Å²) in [6, 6.07) is 5.89. The lowest BCUT2D eigenvalue weighted by atomic mass is 9.50. The average Bonchev–Trinajstić information content (AvgIpc) is 3.01. The predicted molar refractivity (Wildman–Crippen MR) is 171 cm³/mol. The van der Waals surface area contributed by atoms with Crippen LogP contribution in [0.3, 0.4) is 0 Å². The third kappa shape index (κ3) is 14.3. The number of rotatable bonds is 14. The number of hydrogen-bond acceptors (Lipinski definition) is 7. The number of carboxylic acids is 3. The van der Waals surface area contributed by atoms with Crippen LogP contribution in [-0.2, 0) is 26.2 Å². The van der Waals surface area contributed by atoms with Crippen molar-refractivity contribution in [1.82, 2.24) is 10.6 Å². The van der Waals surface area contributed by atoms with Gasteiger partial charge in [0.15, 0.2) is 0 Å². The highest BCUT2D eigenvalue weighted by Gasteiger charge is 2.55. The molecule has 1 aromatic carbocycles. The zero-order valence-corrected chi connectivity index (χ0v) is 28.4. The van der Waals surface area contributed by atoms with Gasteiger partial charge in [-0.2, -0.15) is 26.3 Å². The minimum Gasteiger partial charge on any atom is -0.481 e. The third-order valence-corrected chi connectivity index (χ3v) is 9.12. The molecule has 3 rings (SSSR count). The molecule has 1 amide bonds. The van der Waals surface area contributed by atoms with E-state index in [9.17, 15) is 41.0 Å². The Morgan fingerprint density at radius 2 is 1.38 bits per heavy atom. The summed E-state index contributed by atoms with van der Waals surface area (Å²) in [6.07, 6.45) is 1.92. The fraction of sp³-hybridized carbons (Fsp3) is 0.697. The lowest BCUT2D eigenvalue weighted by Gasteiger charge is -2.53. The summed E-state index contributed by atoms with van der Waals surface area (Å²) in [6.45, 7) is 7.35. The smallest absolute Gasteiger partial charge is 0.481 e. The number of aliphatic carboxylic acids is 3. The van der Waals surface area contributed by atoms with E-state index in [0.717, 1.165) is 70.1 Å². The number of aryl methyl sites for hydroxylation is 1. The molecule has 0 spiro atoms. The van der Waals surface area contributed by atoms with Crippen molar-refractivity contribution in [2.24, 2.45) is 17.1 Å². The van der Waals surface area contributed by atoms with Crippen LogP contribution >= 0.6 is 0 Å². The summed E-state index contributed by atoms with van der Waals surface area (Å²) in [4.78, 5) is 42.3. The Labute approximate surface area is 287 Å². The number of amides is 1. The zero-order valence-electron chi connectivity index (χ0n) is 28.4. The van der Waals surface area contributed by atoms with Crippen molar-refractivity contribution in [3.8, 4) is 5.75 Å². The predicted octanol–water partition coefficient (Wildman–Crippen LogP) is 6.42. The molecule has 1 aromatic rings. The summed E-state index contributed by atoms with van der Waals surface area (Å²) in [7, 11) is 0. The first-order chi connectivity index (χ1) is 23.2. The van der Waals surface area contributed by atoms with Gasteiger partial charge in [0.2, 0.25) is 0 Å². The van der Waals surface area contributed by atoms with Gasteiger partial charge in [0.05, 0.1) is 5.41 Å². The molecular formula is C33H49F6N3O8. The maximum atomic E-state index is 12.4. The molecule has 2 aliphatic rings. The number of unbranched alkanes of at least 4 members (excludes halogenated alkanes) is 5. The molecule has 11 nitrogen and oxygen atoms in total. The van der Waals surface area contributed by atoms with E-state index in [-0.39, 0.29) is 11.3 Å². The van der Waals surface area contributed by atoms with Crippen molar-refractivity contribution >= 4 is 24.0 Å². The molecule has 1 fully saturated rings. The fourth-order valence-corrected chi connectivity index (χ4v) is 6.53. The molecule has 0 radical (unpaired) electrons. The maximum Gasteiger partial charge on any atom is 0.490 e. The van der Waals surface area contributed by atoms with Gasteiger partial charge in [0, 0.05) is 6.54 Å². The Bertz CT molecular complexity index is 1240. The molecule has 0 aliphatic heterocycles. The zero-order chi connectivity index (χ0) is 38.2. The van der Waals surface area contributed by atoms with Crippen LogP contribution in [0.25, 0.3) is 0 Å². The van der Waals surface area contributed by atoms with Gasteiger partial charge in [0.1, 0.15) is 5.75 Å². The van der Waals surface area contributed by atoms with Crippen LogP contribution in [0.4, 0.5) is 31.1 Å². The monoisotopic (exact) mass is 729 g/mol. The van der Waals surface area contributed by atoms with Gasteiger partial charge in [-0.1, -0.05) is 45.1 Å². The second-order valence-corrected chi connectivity index (χ2v) is 12.8. The minimum absolute atomic E-state index is 0.0801. The van der Waals surface area contributed by atoms with Crippen LogP contribution in [0.5, 0.6) is 5.75 Å². The summed E-state index contributed by atoms with van der Waals surface area (Å²) in [5.41, 5.74) is 6.99. The first-order valence-corrected chi connectivity index (χ1v) is 16.5. The number of carbonyl (C=O) groups excluding carboxylic acids is 1. The number of nitrogens with one attached hydrogen (secondary N) is 2. The first kappa shape index (κ1) is 44.4. The Morgan fingerprint density at radius 3 is 1.92 bits per heavy atom. The molecule has 0 bridgehead atoms. The number of benzene rings is 1. The molecule has 3 atom stereocenters. The highest BCUT2D eigenvalue weighted by molar-refractivity contribution is 5.76. The van der Waals surface area contributed by atoms with E-state index >= 15 is 0 Å². The van der Waals surface area contributed by atoms with Crippen LogP contribution in [0.15, 0.2) is 18.2 Å². The summed E-state index contributed by atoms with van der Waals surface area (Å²) < 4.78 is 69.1. The largest absolute Gasteiger partial charge is 0.490 e. The van der Waals surface area contributed by atoms with E-state index in [0.29, 0.717) is 12.3 Å². The third-order valence-electron chi connectivity index (χ3n) is 9.12. The summed E-state index contributed by atoms with van der Waals surface area (Å²) in [5, 5.41) is 30.5. The quantitative estimate of drug-likeness (QED) is 0.0922. The number of ether oxygens (including phenoxy) is 1. The molecule has 0 unspecified atom stereocenters. The van der Waals surface area contributed by atoms with Crippen molar-refractivity contribution < 1.29 is 65.6 Å². The lowest BCUT2D eigenvalue weighted by molar-refractivity contribution is -0.193. The van der Waals surface area contributed by atoms with Gasteiger partial charge in [0.25, 0.3) is 0 Å². The Morgan fingerprint density at radius 1 is 0.840 bits per heavy atom. The van der Waals surface area contributed by atoms with Crippen LogP contribution in [-0.4, -0.2) is 77.9 Å². The first-order valence-electron chi connectivity index (χ1n) is 16.5. The number of alkyl halides is 6. The van der Waals surface area contributed by atoms with Crippen molar-refractivity contribution in [1.29, 1.82) is 0 Å². The van der Waals surface area contributed by atoms with Crippen molar-refractivity contribution in [3.05, 3.63) is 29.3 Å². The van der Waals surface area contributed by atoms with Crippen molar-refractivity contribution in [3.63, 3.8) is 0 Å². The lowest BCUT2D eigenvalue weighted by Crippen LogP contribution is -2.52. The molecule has 1 saturated carbocycles. The van der Waals surface area contributed by atoms with Crippen LogP contribution < -0.4 is 21.1 Å². The van der Waals surface area contributed by atoms with Crippen LogP contribution in [0.1, 0.15) is 95.6 Å². The fourth-order valence-electron chi connectivity index (χ4n) is 6.53. The Balaban J connectivity index is 0.000000748. The summed E-state index contributed by atoms with van der Waals surface area (Å²) >= 11 is 0. The van der Waals surface area contributed by atoms with Gasteiger partial charge < -0.3 is 36.4 Å². The average molecular weight is 730 g/mol. The number of carboxylic acid groups (broad SMARTS) is 3. The van der Waals surface area contributed by atoms with Gasteiger partial charge in [-0.15, -0.1) is 0 Å². The van der Waals surface area contributed by atoms with Gasteiger partial charge in [-0.3, -0.25) is 4.79 Å². The number of carbonyl (C=O) groups is 4. The van der Waals surface area contributed by atoms with Gasteiger partial charge in [-0.25, -0.2) is 14.4 Å². The molecular weight excluding hydrogens is 680 g/mol. The van der Waals surface area contributed by atoms with Gasteiger partial charge >= 0.3 is 36.4 Å². The number of halogens is 6. The van der Waals surface area contributed by atoms with Gasteiger partial charge in [-0.05, 0) is 106 Å². The Kier molecular flexibility index (Phi) is 18.0. The highest BCUT2D eigenvalue weighted by atomic mass is 19.4. The van der Waals surface area contributed by atoms with Crippen molar-refractivity contribution in [2.75, 3.05) is 26.2 Å². The molecule has 50 heavy (non-hydrogen) atoms. The maximum absolute atomic E-state index is 12.4. The molecule has 286 valence electrons. The molecule has 17 heteroatoms. The SMILES string of the molecule is C[C@]1(C(=O)O)CCC[C@]2(C)c3cc(OC(=O)NCCCNCCCCCCCCN)ccc3CC[C@@H]12.O=C(O)C(F)(F)F.O=C(O)C(F)(F)F. The molecule has 2 aliphatic carbocycles. The number of hydrogen-bond donors (Lipinski definition) is 6. The minimum atomic E-state index is -5.08. The van der Waals surface area contributed by atoms with E-state index in [2.05, 4.69) is 17.6 Å². The standard InChI is InChI=1S/C29H47N3O4.2C2HF3O2/c1-28-15-9-16-29(2,26(33)34)25(28)14-12-22-11-13-23(21-24(22)28)36-27(35)32-20-10-19-31-18-8-6-4-3-5-7-17-30;2*3-2(4,5)1(6)7/h11,13,21,25,31H,3-10,12,14-20,30H2,1-2H3,(H,32,35)(H,33,34);2*(H,6,7)/t25-,28-,29+;;/m1../s1. The normalized spacial score (nSPS) is 21.2. The molecule has 7 N–H and O–H groups in total. The van der Waals surface area contributed by atoms with E-state index in [1.165, 1.54) is 37.7 Å². The topological polar surface area (TPSA) is 188 Å². The molecule has 0 saturated heterocycles. The van der Waals surface area contributed by atoms with E-state index in [4.69, 9.17) is 30.3 Å².